The first-order chi connectivity index (χ1) is 14.1. The lowest BCUT2D eigenvalue weighted by Crippen LogP contribution is -2.15. The number of amides is 2. The van der Waals surface area contributed by atoms with Crippen molar-refractivity contribution in [1.29, 1.82) is 0 Å². The van der Waals surface area contributed by atoms with Crippen LogP contribution < -0.4 is 20.1 Å². The fourth-order valence-corrected chi connectivity index (χ4v) is 2.78. The highest BCUT2D eigenvalue weighted by Gasteiger charge is 2.13. The van der Waals surface area contributed by atoms with Gasteiger partial charge in [0.15, 0.2) is 0 Å². The van der Waals surface area contributed by atoms with Crippen LogP contribution in [0.5, 0.6) is 11.5 Å². The Kier molecular flexibility index (Phi) is 6.47. The normalized spacial score (nSPS) is 10.1. The standard InChI is InChI=1S/C23H22N2O4/c1-3-29-20-10-6-4-8-18(20)23(27)24-17-14-12-16(13-15-17)22(26)25-19-9-5-7-11-21(19)28-2/h4-15H,3H2,1-2H3,(H,24,27)(H,25,26). The second kappa shape index (κ2) is 9.41. The van der Waals surface area contributed by atoms with E-state index in [4.69, 9.17) is 9.47 Å². The Morgan fingerprint density at radius 2 is 1.45 bits per heavy atom. The average Bonchev–Trinajstić information content (AvgIpc) is 2.75. The number of carbonyl (C=O) groups is 2. The molecule has 0 unspecified atom stereocenters. The molecule has 6 heteroatoms. The van der Waals surface area contributed by atoms with Gasteiger partial charge in [0.2, 0.25) is 0 Å². The molecule has 0 saturated carbocycles. The molecule has 0 fully saturated rings. The number of carbonyl (C=O) groups excluding carboxylic acids is 2. The molecule has 0 radical (unpaired) electrons. The summed E-state index contributed by atoms with van der Waals surface area (Å²) in [7, 11) is 1.55. The fourth-order valence-electron chi connectivity index (χ4n) is 2.78. The van der Waals surface area contributed by atoms with Crippen molar-refractivity contribution in [3.05, 3.63) is 83.9 Å². The third-order valence-corrected chi connectivity index (χ3v) is 4.19. The molecule has 3 aromatic carbocycles. The maximum absolute atomic E-state index is 12.6. The van der Waals surface area contributed by atoms with Crippen LogP contribution in [0.2, 0.25) is 0 Å². The van der Waals surface area contributed by atoms with Gasteiger partial charge in [0.1, 0.15) is 11.5 Å². The molecule has 6 nitrogen and oxygen atoms in total. The van der Waals surface area contributed by atoms with Gasteiger partial charge in [-0.25, -0.2) is 0 Å². The number of methoxy groups -OCH3 is 1. The average molecular weight is 390 g/mol. The minimum Gasteiger partial charge on any atom is -0.495 e. The van der Waals surface area contributed by atoms with Gasteiger partial charge in [-0.3, -0.25) is 9.59 Å². The molecule has 29 heavy (non-hydrogen) atoms. The molecular formula is C23H22N2O4. The lowest BCUT2D eigenvalue weighted by Gasteiger charge is -2.11. The van der Waals surface area contributed by atoms with Gasteiger partial charge in [0.25, 0.3) is 11.8 Å². The van der Waals surface area contributed by atoms with Crippen LogP contribution >= 0.6 is 0 Å². The monoisotopic (exact) mass is 390 g/mol. The largest absolute Gasteiger partial charge is 0.495 e. The summed E-state index contributed by atoms with van der Waals surface area (Å²) in [4.78, 5) is 25.0. The number of rotatable bonds is 7. The molecule has 0 heterocycles. The van der Waals surface area contributed by atoms with E-state index in [-0.39, 0.29) is 11.8 Å². The van der Waals surface area contributed by atoms with Gasteiger partial charge in [-0.15, -0.1) is 0 Å². The van der Waals surface area contributed by atoms with Crippen molar-refractivity contribution in [3.8, 4) is 11.5 Å². The van der Waals surface area contributed by atoms with Crippen LogP contribution in [0, 0.1) is 0 Å². The highest BCUT2D eigenvalue weighted by atomic mass is 16.5. The molecular weight excluding hydrogens is 368 g/mol. The zero-order valence-corrected chi connectivity index (χ0v) is 16.3. The van der Waals surface area contributed by atoms with Crippen LogP contribution in [0.1, 0.15) is 27.6 Å². The Balaban J connectivity index is 1.69. The van der Waals surface area contributed by atoms with Gasteiger partial charge in [-0.2, -0.15) is 0 Å². The Bertz CT molecular complexity index is 1000. The van der Waals surface area contributed by atoms with Gasteiger partial charge in [-0.1, -0.05) is 24.3 Å². The molecule has 2 amide bonds. The minimum atomic E-state index is -0.278. The Morgan fingerprint density at radius 3 is 2.14 bits per heavy atom. The molecule has 0 aromatic heterocycles. The number of ether oxygens (including phenoxy) is 2. The molecule has 2 N–H and O–H groups in total. The first-order valence-electron chi connectivity index (χ1n) is 9.20. The van der Waals surface area contributed by atoms with Crippen LogP contribution in [0.15, 0.2) is 72.8 Å². The third kappa shape index (κ3) is 4.93. The third-order valence-electron chi connectivity index (χ3n) is 4.19. The summed E-state index contributed by atoms with van der Waals surface area (Å²) in [6, 6.07) is 20.9. The summed E-state index contributed by atoms with van der Waals surface area (Å²) in [6.45, 7) is 2.34. The molecule has 0 spiro atoms. The van der Waals surface area contributed by atoms with Gasteiger partial charge in [-0.05, 0) is 55.5 Å². The molecule has 0 bridgehead atoms. The zero-order valence-electron chi connectivity index (χ0n) is 16.3. The number of hydrogen-bond acceptors (Lipinski definition) is 4. The first kappa shape index (κ1) is 19.9. The number of para-hydroxylation sites is 3. The molecule has 148 valence electrons. The van der Waals surface area contributed by atoms with E-state index in [1.54, 1.807) is 61.7 Å². The molecule has 0 atom stereocenters. The van der Waals surface area contributed by atoms with E-state index in [1.807, 2.05) is 25.1 Å². The van der Waals surface area contributed by atoms with E-state index in [2.05, 4.69) is 10.6 Å². The molecule has 3 aromatic rings. The predicted molar refractivity (Wildman–Crippen MR) is 113 cm³/mol. The van der Waals surface area contributed by atoms with Crippen molar-refractivity contribution in [2.45, 2.75) is 6.92 Å². The SMILES string of the molecule is CCOc1ccccc1C(=O)Nc1ccc(C(=O)Nc2ccccc2OC)cc1. The molecule has 0 aliphatic heterocycles. The quantitative estimate of drug-likeness (QED) is 0.618. The van der Waals surface area contributed by atoms with Gasteiger partial charge < -0.3 is 20.1 Å². The van der Waals surface area contributed by atoms with Crippen LogP contribution in [0.4, 0.5) is 11.4 Å². The summed E-state index contributed by atoms with van der Waals surface area (Å²) in [5.41, 5.74) is 2.08. The van der Waals surface area contributed by atoms with E-state index < -0.39 is 0 Å². The molecule has 0 saturated heterocycles. The Hall–Kier alpha value is -3.80. The van der Waals surface area contributed by atoms with E-state index in [0.717, 1.165) is 0 Å². The molecule has 3 rings (SSSR count). The van der Waals surface area contributed by atoms with Crippen LogP contribution in [0.3, 0.4) is 0 Å². The zero-order chi connectivity index (χ0) is 20.6. The predicted octanol–water partition coefficient (Wildman–Crippen LogP) is 4.60. The number of anilines is 2. The van der Waals surface area contributed by atoms with Crippen molar-refractivity contribution in [2.75, 3.05) is 24.4 Å². The van der Waals surface area contributed by atoms with Crippen LogP contribution in [-0.4, -0.2) is 25.5 Å². The number of nitrogens with one attached hydrogen (secondary N) is 2. The van der Waals surface area contributed by atoms with E-state index >= 15 is 0 Å². The van der Waals surface area contributed by atoms with E-state index in [1.165, 1.54) is 0 Å². The van der Waals surface area contributed by atoms with Gasteiger partial charge in [0.05, 0.1) is 25.0 Å². The van der Waals surface area contributed by atoms with Crippen LogP contribution in [0.25, 0.3) is 0 Å². The smallest absolute Gasteiger partial charge is 0.259 e. The van der Waals surface area contributed by atoms with Crippen molar-refractivity contribution in [1.82, 2.24) is 0 Å². The maximum atomic E-state index is 12.6. The minimum absolute atomic E-state index is 0.269. The topological polar surface area (TPSA) is 76.7 Å². The summed E-state index contributed by atoms with van der Waals surface area (Å²) >= 11 is 0. The first-order valence-corrected chi connectivity index (χ1v) is 9.20. The summed E-state index contributed by atoms with van der Waals surface area (Å²) in [6.07, 6.45) is 0. The molecule has 0 aliphatic rings. The summed E-state index contributed by atoms with van der Waals surface area (Å²) in [5.74, 6) is 0.562. The van der Waals surface area contributed by atoms with Crippen molar-refractivity contribution in [3.63, 3.8) is 0 Å². The van der Waals surface area contributed by atoms with E-state index in [9.17, 15) is 9.59 Å². The number of hydrogen-bond donors (Lipinski definition) is 2. The van der Waals surface area contributed by atoms with Crippen molar-refractivity contribution < 1.29 is 19.1 Å². The molecule has 0 aliphatic carbocycles. The van der Waals surface area contributed by atoms with Gasteiger partial charge >= 0.3 is 0 Å². The van der Waals surface area contributed by atoms with Crippen molar-refractivity contribution >= 4 is 23.2 Å². The Morgan fingerprint density at radius 1 is 0.793 bits per heavy atom. The Labute approximate surface area is 169 Å². The fraction of sp³-hybridized carbons (Fsp3) is 0.130. The van der Waals surface area contributed by atoms with Gasteiger partial charge in [0, 0.05) is 11.3 Å². The summed E-state index contributed by atoms with van der Waals surface area (Å²) in [5, 5.41) is 5.64. The highest BCUT2D eigenvalue weighted by Crippen LogP contribution is 2.24. The lowest BCUT2D eigenvalue weighted by molar-refractivity contribution is 0.101. The lowest BCUT2D eigenvalue weighted by atomic mass is 10.1. The second-order valence-electron chi connectivity index (χ2n) is 6.12. The van der Waals surface area contributed by atoms with Crippen LogP contribution in [-0.2, 0) is 0 Å². The van der Waals surface area contributed by atoms with E-state index in [0.29, 0.717) is 40.6 Å². The summed E-state index contributed by atoms with van der Waals surface area (Å²) < 4.78 is 10.7. The second-order valence-corrected chi connectivity index (χ2v) is 6.12. The number of benzene rings is 3. The van der Waals surface area contributed by atoms with Crippen molar-refractivity contribution in [2.24, 2.45) is 0 Å². The highest BCUT2D eigenvalue weighted by molar-refractivity contribution is 6.07. The maximum Gasteiger partial charge on any atom is 0.259 e.